The molecule has 20 nitrogen and oxygen atoms in total. The zero-order valence-corrected chi connectivity index (χ0v) is 76.6. The third kappa shape index (κ3) is 38.8. The number of piperidine rings is 1. The lowest BCUT2D eigenvalue weighted by molar-refractivity contribution is -0.128. The Bertz CT molecular complexity index is 2850. The Morgan fingerprint density at radius 1 is 0.618 bits per heavy atom. The highest BCUT2D eigenvalue weighted by molar-refractivity contribution is 7.10. The van der Waals surface area contributed by atoms with E-state index >= 15 is 0 Å². The van der Waals surface area contributed by atoms with Crippen molar-refractivity contribution in [1.29, 1.82) is 0 Å². The van der Waals surface area contributed by atoms with Crippen molar-refractivity contribution in [1.82, 2.24) is 63.8 Å². The number of ether oxygens (including phenoxy) is 3. The highest BCUT2D eigenvalue weighted by atomic mass is 35.5. The van der Waals surface area contributed by atoms with Gasteiger partial charge in [0.05, 0.1) is 47.7 Å². The molecule has 8 aliphatic heterocycles. The van der Waals surface area contributed by atoms with E-state index in [0.29, 0.717) is 67.0 Å². The summed E-state index contributed by atoms with van der Waals surface area (Å²) in [5.41, 5.74) is 10.2. The van der Waals surface area contributed by atoms with Gasteiger partial charge in [0.2, 0.25) is 17.7 Å². The highest BCUT2D eigenvalue weighted by Gasteiger charge is 2.38. The first-order chi connectivity index (χ1) is 50.3. The fourth-order valence-electron chi connectivity index (χ4n) is 15.3. The smallest absolute Gasteiger partial charge is 0.231 e. The molecule has 2 aromatic heterocycles. The summed E-state index contributed by atoms with van der Waals surface area (Å²) in [6, 6.07) is 5.71. The van der Waals surface area contributed by atoms with Crippen LogP contribution in [0.2, 0.25) is 5.02 Å². The van der Waals surface area contributed by atoms with Crippen LogP contribution in [0.1, 0.15) is 228 Å². The minimum Gasteiger partial charge on any atom is -0.375 e. The van der Waals surface area contributed by atoms with E-state index in [1.807, 2.05) is 84.0 Å². The van der Waals surface area contributed by atoms with Crippen LogP contribution in [0.4, 0.5) is 0 Å². The normalized spacial score (nSPS) is 23.4. The van der Waals surface area contributed by atoms with E-state index in [1.165, 1.54) is 120 Å². The average Bonchev–Trinajstić information content (AvgIpc) is 1.63. The first-order valence-corrected chi connectivity index (χ1v) is 43.2. The maximum atomic E-state index is 11.4. The number of aryl methyl sites for hydroxylation is 1. The number of primary amides is 1. The maximum Gasteiger partial charge on any atom is 0.231 e. The number of halogens is 1. The molecule has 110 heavy (non-hydrogen) atoms. The second kappa shape index (κ2) is 46.2. The number of nitrogens with zero attached hydrogens (tertiary/aromatic N) is 12. The van der Waals surface area contributed by atoms with Crippen LogP contribution >= 0.6 is 22.9 Å². The van der Waals surface area contributed by atoms with Crippen molar-refractivity contribution < 1.29 is 28.6 Å². The molecule has 3 N–H and O–H groups in total. The van der Waals surface area contributed by atoms with Gasteiger partial charge in [0.15, 0.2) is 0 Å². The topological polar surface area (TPSA) is 160 Å². The zero-order chi connectivity index (χ0) is 82.2. The van der Waals surface area contributed by atoms with Gasteiger partial charge in [-0.15, -0.1) is 11.3 Å². The Morgan fingerprint density at radius 2 is 1.08 bits per heavy atom. The quantitative estimate of drug-likeness (QED) is 0.144. The molecule has 2 aromatic rings. The predicted octanol–water partition coefficient (Wildman–Crippen LogP) is 14.0. The molecule has 5 unspecified atom stereocenters. The van der Waals surface area contributed by atoms with E-state index in [1.54, 1.807) is 4.90 Å². The van der Waals surface area contributed by atoms with Gasteiger partial charge in [-0.05, 0) is 228 Å². The fourth-order valence-corrected chi connectivity index (χ4v) is 16.4. The van der Waals surface area contributed by atoms with Gasteiger partial charge in [-0.1, -0.05) is 45.0 Å². The van der Waals surface area contributed by atoms with E-state index in [2.05, 4.69) is 211 Å². The Labute approximate surface area is 683 Å². The molecule has 0 bridgehead atoms. The number of hydrogen-bond acceptors (Lipinski definition) is 17. The van der Waals surface area contributed by atoms with Crippen molar-refractivity contribution in [2.75, 3.05) is 185 Å². The molecule has 3 amide bonds. The number of carbonyl (C=O) groups is 3. The number of nitrogens with two attached hydrogens (primary N) is 1. The molecule has 0 spiro atoms. The first kappa shape index (κ1) is 101. The zero-order valence-electron chi connectivity index (χ0n) is 75.0. The number of likely N-dealkylation sites (tertiary alicyclic amines) is 5. The largest absolute Gasteiger partial charge is 0.375 e. The second-order valence-electron chi connectivity index (χ2n) is 39.7. The number of aromatic nitrogens is 1. The molecule has 0 aliphatic carbocycles. The summed E-state index contributed by atoms with van der Waals surface area (Å²) in [7, 11) is 6.14. The molecular formula is C88H169ClN14O6S. The molecule has 0 saturated carbocycles. The second-order valence-corrected chi connectivity index (χ2v) is 41.1. The number of amides is 3. The fraction of sp³-hybridized carbons (Fsp3) is 0.852. The third-order valence-corrected chi connectivity index (χ3v) is 23.5. The number of thiophene rings is 1. The third-order valence-electron chi connectivity index (χ3n) is 22.2. The first-order valence-electron chi connectivity index (χ1n) is 41.9. The number of nitrogens with one attached hydrogen (secondary N) is 1. The average molecular weight is 1590 g/mol. The molecule has 8 fully saturated rings. The molecule has 0 aromatic carbocycles. The van der Waals surface area contributed by atoms with E-state index in [9.17, 15) is 14.4 Å². The number of aromatic amines is 1. The Morgan fingerprint density at radius 3 is 1.46 bits per heavy atom. The summed E-state index contributed by atoms with van der Waals surface area (Å²) in [4.78, 5) is 66.8. The van der Waals surface area contributed by atoms with Gasteiger partial charge in [-0.2, -0.15) is 0 Å². The van der Waals surface area contributed by atoms with Crippen LogP contribution in [0.25, 0.3) is 0 Å². The van der Waals surface area contributed by atoms with Crippen molar-refractivity contribution in [3.8, 4) is 0 Å². The number of carbonyl (C=O) groups excluding carboxylic acids is 3. The number of rotatable bonds is 17. The molecule has 8 aliphatic rings. The summed E-state index contributed by atoms with van der Waals surface area (Å²) in [5.74, 6) is 1.48. The van der Waals surface area contributed by atoms with Crippen LogP contribution in [0.5, 0.6) is 0 Å². The van der Waals surface area contributed by atoms with Crippen molar-refractivity contribution in [3.05, 3.63) is 57.0 Å². The lowest BCUT2D eigenvalue weighted by Gasteiger charge is -2.44. The van der Waals surface area contributed by atoms with Crippen LogP contribution < -0.4 is 5.73 Å². The SMILES string of the molecule is C.C=C1CC(CC)N(C2CCN(C(C)(C)C)CC2)C1.CC(C)(C)N1CCN(Cc2[nH]ccc2Cl)CC1.CC1CN(CC(N)=O)CC1OC(C)(C)C.CCN1CC(COC(C)(C)C)CC1=O.CN(C)CCN1CCN(C(C)(C)C)CC1.CN1CC(COC(C)(C)C)CC1=O.Cc1ccsc1CN1CCN(C(C)(C)C)CC1. The summed E-state index contributed by atoms with van der Waals surface area (Å²) in [6.07, 6.45) is 8.60. The monoisotopic (exact) mass is 1590 g/mol. The predicted molar refractivity (Wildman–Crippen MR) is 467 cm³/mol. The summed E-state index contributed by atoms with van der Waals surface area (Å²) < 4.78 is 17.2. The van der Waals surface area contributed by atoms with Crippen LogP contribution in [0.3, 0.4) is 0 Å². The van der Waals surface area contributed by atoms with Crippen LogP contribution in [0, 0.1) is 24.7 Å². The Balaban J connectivity index is 0.000000333. The van der Waals surface area contributed by atoms with Gasteiger partial charge in [0.25, 0.3) is 0 Å². The van der Waals surface area contributed by atoms with Crippen molar-refractivity contribution in [3.63, 3.8) is 0 Å². The molecule has 22 heteroatoms. The molecule has 8 saturated heterocycles. The molecule has 10 heterocycles. The number of H-pyrrole nitrogens is 1. The van der Waals surface area contributed by atoms with Gasteiger partial charge in [-0.25, -0.2) is 0 Å². The van der Waals surface area contributed by atoms with Gasteiger partial charge in [-0.3, -0.25) is 58.5 Å². The van der Waals surface area contributed by atoms with Crippen molar-refractivity contribution in [2.24, 2.45) is 23.5 Å². The molecule has 10 rings (SSSR count). The number of hydrogen-bond donors (Lipinski definition) is 2. The van der Waals surface area contributed by atoms with Crippen molar-refractivity contribution >= 4 is 40.7 Å². The van der Waals surface area contributed by atoms with Crippen LogP contribution in [-0.4, -0.2) is 324 Å². The Hall–Kier alpha value is -3.10. The van der Waals surface area contributed by atoms with Crippen LogP contribution in [-0.2, 0) is 41.7 Å². The summed E-state index contributed by atoms with van der Waals surface area (Å²) >= 11 is 7.99. The van der Waals surface area contributed by atoms with E-state index in [0.717, 1.165) is 101 Å². The van der Waals surface area contributed by atoms with Gasteiger partial charge >= 0.3 is 0 Å². The Kier molecular flexibility index (Phi) is 42.4. The molecule has 5 atom stereocenters. The lowest BCUT2D eigenvalue weighted by atomic mass is 9.96. The van der Waals surface area contributed by atoms with E-state index in [-0.39, 0.29) is 53.6 Å². The maximum absolute atomic E-state index is 11.4. The molecule has 0 radical (unpaired) electrons. The number of likely N-dealkylation sites (N-methyl/N-ethyl adjacent to an activating group) is 1. The molecular weight excluding hydrogens is 1420 g/mol. The lowest BCUT2D eigenvalue weighted by Crippen LogP contribution is -2.54. The van der Waals surface area contributed by atoms with E-state index < -0.39 is 0 Å². The molecule has 640 valence electrons. The minimum atomic E-state index is -0.265. The highest BCUT2D eigenvalue weighted by Crippen LogP contribution is 2.33. The van der Waals surface area contributed by atoms with Gasteiger partial charge < -0.3 is 39.6 Å². The van der Waals surface area contributed by atoms with Gasteiger partial charge in [0.1, 0.15) is 0 Å². The summed E-state index contributed by atoms with van der Waals surface area (Å²) in [5, 5.41) is 3.05. The number of piperazine rings is 3. The van der Waals surface area contributed by atoms with Crippen molar-refractivity contribution in [2.45, 2.75) is 289 Å². The standard InChI is InChI=1S/C16H30N2.C14H24N2S.C13H22ClN3.C12H27N3.C11H22N2O2.C11H21NO2.C10H19NO2.CH4/c1-6-14-11-13(2)12-18(14)15-7-9-17(10-8-15)16(3,4)5;1-12-5-10-17-13(12)11-15-6-8-16(9-7-15)14(2,3)4;1-13(2,3)17-8-6-16(7-9-17)10-12-11(14)4-5-15-12;1-12(2,3)15-10-8-14(9-11-15)7-6-13(4)5;1-8-5-13(7-10(12)14)6-9(8)15-11(2,3)4;1-5-12-7-9(6-10(12)13)8-14-11(2,3)4;1-10(2,3)13-7-8-5-9(12)11(4)6-8;/h14-15H,2,6-12H2,1,3-5H3;5,10H,6-9,11H2,1-4H3;4-5,15H,6-10H2,1-3H3;6-11H2,1-5H3;8-9H,5-7H2,1-4H3,(H2,12,14);9H,5-8H2,1-4H3;8H,5-7H2,1-4H3;1H4. The minimum absolute atomic E-state index is 0. The summed E-state index contributed by atoms with van der Waals surface area (Å²) in [6.45, 7) is 87.3. The van der Waals surface area contributed by atoms with Crippen LogP contribution in [0.15, 0.2) is 35.9 Å². The van der Waals surface area contributed by atoms with Gasteiger partial charge in [0, 0.05) is 240 Å². The van der Waals surface area contributed by atoms with E-state index in [4.69, 9.17) is 31.5 Å².